The molecule has 0 amide bonds. The summed E-state index contributed by atoms with van der Waals surface area (Å²) in [6, 6.07) is 0. The van der Waals surface area contributed by atoms with E-state index in [0.717, 1.165) is 4.57 Å². The van der Waals surface area contributed by atoms with Crippen molar-refractivity contribution in [2.24, 2.45) is 7.05 Å². The molecule has 2 unspecified atom stereocenters. The maximum Gasteiger partial charge on any atom is 0.332 e. The predicted octanol–water partition coefficient (Wildman–Crippen LogP) is 1.34. The van der Waals surface area contributed by atoms with Gasteiger partial charge in [0.05, 0.1) is 0 Å². The summed E-state index contributed by atoms with van der Waals surface area (Å²) in [6.45, 7) is 3.48. The average molecular weight is 341 g/mol. The minimum Gasteiger partial charge on any atom is -0.337 e. The van der Waals surface area contributed by atoms with Crippen molar-refractivity contribution in [1.29, 1.82) is 0 Å². The smallest absolute Gasteiger partial charge is 0.332 e. The number of hydrogen-bond donors (Lipinski definition) is 0. The van der Waals surface area contributed by atoms with Crippen LogP contribution in [0, 0.1) is 19.3 Å². The van der Waals surface area contributed by atoms with Crippen LogP contribution in [-0.4, -0.2) is 20.6 Å². The van der Waals surface area contributed by atoms with Gasteiger partial charge in [0.2, 0.25) is 0 Å². The second-order valence-electron chi connectivity index (χ2n) is 4.22. The summed E-state index contributed by atoms with van der Waals surface area (Å²) in [5.41, 5.74) is -0.298. The van der Waals surface area contributed by atoms with Crippen LogP contribution in [0.5, 0.6) is 0 Å². The van der Waals surface area contributed by atoms with Crippen molar-refractivity contribution < 1.29 is 4.74 Å². The van der Waals surface area contributed by atoms with Crippen LogP contribution in [0.4, 0.5) is 0 Å². The molecule has 0 saturated heterocycles. The Morgan fingerprint density at radius 3 is 2.70 bits per heavy atom. The lowest BCUT2D eigenvalue weighted by Gasteiger charge is -2.21. The number of aromatic nitrogens is 2. The highest BCUT2D eigenvalue weighted by Gasteiger charge is 2.17. The molecule has 1 heterocycles. The van der Waals surface area contributed by atoms with Gasteiger partial charge in [0.25, 0.3) is 5.56 Å². The van der Waals surface area contributed by atoms with Crippen LogP contribution in [0.25, 0.3) is 0 Å². The third-order valence-electron chi connectivity index (χ3n) is 2.76. The second-order valence-corrected chi connectivity index (χ2v) is 4.87. The van der Waals surface area contributed by atoms with Crippen LogP contribution in [-0.2, 0) is 11.8 Å². The highest BCUT2D eigenvalue weighted by molar-refractivity contribution is 9.09. The topological polar surface area (TPSA) is 53.2 Å². The van der Waals surface area contributed by atoms with Crippen molar-refractivity contribution in [3.63, 3.8) is 0 Å². The number of aryl methyl sites for hydroxylation is 1. The summed E-state index contributed by atoms with van der Waals surface area (Å²) in [7, 11) is 1.43. The first-order valence-corrected chi connectivity index (χ1v) is 7.17. The summed E-state index contributed by atoms with van der Waals surface area (Å²) in [6.07, 6.45) is 9.24. The normalized spacial score (nSPS) is 14.2. The van der Waals surface area contributed by atoms with E-state index < -0.39 is 18.0 Å². The number of rotatable bonds is 5. The van der Waals surface area contributed by atoms with E-state index in [2.05, 4.69) is 21.9 Å². The zero-order chi connectivity index (χ0) is 15.3. The Morgan fingerprint density at radius 2 is 2.20 bits per heavy atom. The fourth-order valence-corrected chi connectivity index (χ4v) is 2.18. The molecule has 0 aliphatic rings. The summed E-state index contributed by atoms with van der Waals surface area (Å²) in [5, 5.41) is 0.375. The Kier molecular flexibility index (Phi) is 5.99. The zero-order valence-electron chi connectivity index (χ0n) is 11.7. The lowest BCUT2D eigenvalue weighted by atomic mass is 10.3. The van der Waals surface area contributed by atoms with Gasteiger partial charge in [0.15, 0.2) is 0 Å². The number of alkyl halides is 1. The van der Waals surface area contributed by atoms with E-state index in [1.165, 1.54) is 17.8 Å². The zero-order valence-corrected chi connectivity index (χ0v) is 13.3. The molecule has 0 saturated carbocycles. The molecule has 0 aliphatic carbocycles. The van der Waals surface area contributed by atoms with Crippen LogP contribution in [0.15, 0.2) is 27.9 Å². The molecule has 108 valence electrons. The van der Waals surface area contributed by atoms with Crippen molar-refractivity contribution >= 4 is 15.9 Å². The molecule has 0 spiro atoms. The van der Waals surface area contributed by atoms with E-state index >= 15 is 0 Å². The minimum absolute atomic E-state index is 0.318. The van der Waals surface area contributed by atoms with Gasteiger partial charge < -0.3 is 4.74 Å². The Hall–Kier alpha value is -1.58. The number of hydrogen-bond acceptors (Lipinski definition) is 3. The molecule has 6 heteroatoms. The van der Waals surface area contributed by atoms with Gasteiger partial charge in [-0.05, 0) is 19.9 Å². The molecule has 0 radical (unpaired) electrons. The van der Waals surface area contributed by atoms with E-state index in [4.69, 9.17) is 11.2 Å². The lowest BCUT2D eigenvalue weighted by Crippen LogP contribution is -2.41. The summed E-state index contributed by atoms with van der Waals surface area (Å²) >= 11 is 3.30. The average Bonchev–Trinajstić information content (AvgIpc) is 2.45. The quantitative estimate of drug-likeness (QED) is 0.461. The molecule has 0 fully saturated rings. The van der Waals surface area contributed by atoms with Crippen LogP contribution in [0.3, 0.4) is 0 Å². The van der Waals surface area contributed by atoms with Crippen molar-refractivity contribution in [3.05, 3.63) is 44.8 Å². The van der Waals surface area contributed by atoms with Gasteiger partial charge >= 0.3 is 5.69 Å². The molecule has 2 atom stereocenters. The Bertz CT molecular complexity index is 652. The maximum absolute atomic E-state index is 12.1. The third-order valence-corrected chi connectivity index (χ3v) is 3.31. The van der Waals surface area contributed by atoms with Crippen LogP contribution in [0.1, 0.15) is 18.7 Å². The van der Waals surface area contributed by atoms with Crippen molar-refractivity contribution in [1.82, 2.24) is 9.13 Å². The molecule has 1 rings (SSSR count). The maximum atomic E-state index is 12.1. The van der Waals surface area contributed by atoms with E-state index in [-0.39, 0.29) is 5.56 Å². The second kappa shape index (κ2) is 7.27. The van der Waals surface area contributed by atoms with E-state index in [9.17, 15) is 9.59 Å². The Labute approximate surface area is 126 Å². The third kappa shape index (κ3) is 3.50. The first-order valence-electron chi connectivity index (χ1n) is 6.05. The van der Waals surface area contributed by atoms with Gasteiger partial charge in [-0.1, -0.05) is 27.9 Å². The first-order chi connectivity index (χ1) is 9.46. The monoisotopic (exact) mass is 340 g/mol. The number of allylic oxidation sites excluding steroid dienone is 1. The summed E-state index contributed by atoms with van der Waals surface area (Å²) < 4.78 is 8.09. The van der Waals surface area contributed by atoms with E-state index in [1.807, 2.05) is 6.92 Å². The highest BCUT2D eigenvalue weighted by atomic mass is 79.9. The van der Waals surface area contributed by atoms with Crippen LogP contribution >= 0.6 is 15.9 Å². The number of halogens is 1. The molecule has 20 heavy (non-hydrogen) atoms. The minimum atomic E-state index is -0.592. The molecule has 1 aromatic rings. The first kappa shape index (κ1) is 16.5. The number of nitrogens with zero attached hydrogens (tertiary/aromatic N) is 2. The standard InChI is InChI=1S/C14H17BrN2O3/c1-5-7-11(6-2)20-12(8-15)17-9-10(3)13(18)16(4)14(17)19/h2,5,7,9,11-12H,8H2,1,3-4H3/b7-5+. The van der Waals surface area contributed by atoms with Gasteiger partial charge in [-0.15, -0.1) is 6.42 Å². The van der Waals surface area contributed by atoms with Crippen molar-refractivity contribution in [2.45, 2.75) is 26.2 Å². The van der Waals surface area contributed by atoms with Gasteiger partial charge in [-0.2, -0.15) is 0 Å². The summed E-state index contributed by atoms with van der Waals surface area (Å²) in [4.78, 5) is 23.8. The lowest BCUT2D eigenvalue weighted by molar-refractivity contribution is 0.00511. The summed E-state index contributed by atoms with van der Waals surface area (Å²) in [5.74, 6) is 2.48. The van der Waals surface area contributed by atoms with Crippen LogP contribution < -0.4 is 11.2 Å². The molecule has 5 nitrogen and oxygen atoms in total. The molecule has 0 aliphatic heterocycles. The van der Waals surface area contributed by atoms with Gasteiger partial charge in [-0.25, -0.2) is 4.79 Å². The van der Waals surface area contributed by atoms with Gasteiger partial charge in [-0.3, -0.25) is 13.9 Å². The molecule has 0 aromatic carbocycles. The van der Waals surface area contributed by atoms with Crippen molar-refractivity contribution in [2.75, 3.05) is 5.33 Å². The molecule has 0 N–H and O–H groups in total. The molecular weight excluding hydrogens is 324 g/mol. The van der Waals surface area contributed by atoms with Gasteiger partial charge in [0, 0.05) is 24.1 Å². The fourth-order valence-electron chi connectivity index (χ4n) is 1.71. The molecule has 0 bridgehead atoms. The molecular formula is C14H17BrN2O3. The van der Waals surface area contributed by atoms with E-state index in [1.54, 1.807) is 19.1 Å². The Balaban J connectivity index is 3.24. The van der Waals surface area contributed by atoms with Gasteiger partial charge in [0.1, 0.15) is 12.3 Å². The Morgan fingerprint density at radius 1 is 1.55 bits per heavy atom. The fraction of sp³-hybridized carbons (Fsp3) is 0.429. The van der Waals surface area contributed by atoms with Crippen molar-refractivity contribution in [3.8, 4) is 12.3 Å². The highest BCUT2D eigenvalue weighted by Crippen LogP contribution is 2.13. The number of ether oxygens (including phenoxy) is 1. The number of terminal acetylenes is 1. The van der Waals surface area contributed by atoms with E-state index in [0.29, 0.717) is 10.9 Å². The molecule has 1 aromatic heterocycles. The SMILES string of the molecule is C#CC(/C=C/C)OC(CBr)n1cc(C)c(=O)n(C)c1=O. The predicted molar refractivity (Wildman–Crippen MR) is 82.0 cm³/mol. The largest absolute Gasteiger partial charge is 0.337 e. The van der Waals surface area contributed by atoms with Crippen LogP contribution in [0.2, 0.25) is 0 Å².